The van der Waals surface area contributed by atoms with Crippen molar-refractivity contribution in [1.82, 2.24) is 0 Å². The standard InChI is InChI=1S/C13H15FO2/c1-8-3-4-9(7-12(8)14)10-5-11(6-10)13(15)16-2/h3-4,7,10-11H,5-6H2,1-2H3. The molecule has 16 heavy (non-hydrogen) atoms. The number of esters is 1. The minimum atomic E-state index is -0.168. The van der Waals surface area contributed by atoms with E-state index in [1.54, 1.807) is 19.1 Å². The first kappa shape index (κ1) is 11.1. The van der Waals surface area contributed by atoms with Crippen molar-refractivity contribution in [2.75, 3.05) is 7.11 Å². The Morgan fingerprint density at radius 2 is 2.12 bits per heavy atom. The maximum atomic E-state index is 13.3. The highest BCUT2D eigenvalue weighted by molar-refractivity contribution is 5.73. The molecule has 3 heteroatoms. The predicted molar refractivity (Wildman–Crippen MR) is 58.6 cm³/mol. The molecule has 1 aliphatic carbocycles. The van der Waals surface area contributed by atoms with Crippen molar-refractivity contribution in [3.05, 3.63) is 35.1 Å². The topological polar surface area (TPSA) is 26.3 Å². The second kappa shape index (κ2) is 4.24. The molecule has 0 atom stereocenters. The summed E-state index contributed by atoms with van der Waals surface area (Å²) in [5.74, 6) is -0.0126. The van der Waals surface area contributed by atoms with Crippen LogP contribution in [0.15, 0.2) is 18.2 Å². The lowest BCUT2D eigenvalue weighted by molar-refractivity contribution is -0.148. The number of methoxy groups -OCH3 is 1. The van der Waals surface area contributed by atoms with Crippen molar-refractivity contribution in [3.8, 4) is 0 Å². The molecule has 2 nitrogen and oxygen atoms in total. The number of benzene rings is 1. The van der Waals surface area contributed by atoms with Gasteiger partial charge in [0.05, 0.1) is 13.0 Å². The first-order valence-corrected chi connectivity index (χ1v) is 5.45. The number of carbonyl (C=O) groups excluding carboxylic acids is 1. The van der Waals surface area contributed by atoms with Crippen LogP contribution in [0.1, 0.15) is 29.9 Å². The largest absolute Gasteiger partial charge is 0.469 e. The summed E-state index contributed by atoms with van der Waals surface area (Å²) in [5.41, 5.74) is 1.65. The Kier molecular flexibility index (Phi) is 2.95. The minimum Gasteiger partial charge on any atom is -0.469 e. The summed E-state index contributed by atoms with van der Waals surface area (Å²) < 4.78 is 18.0. The minimum absolute atomic E-state index is 0.000589. The zero-order valence-corrected chi connectivity index (χ0v) is 9.50. The molecule has 0 spiro atoms. The molecule has 1 aromatic carbocycles. The maximum absolute atomic E-state index is 13.3. The van der Waals surface area contributed by atoms with Crippen LogP contribution in [0.4, 0.5) is 4.39 Å². The van der Waals surface area contributed by atoms with Crippen molar-refractivity contribution in [2.24, 2.45) is 5.92 Å². The Bertz CT molecular complexity index is 408. The van der Waals surface area contributed by atoms with Gasteiger partial charge in [-0.25, -0.2) is 4.39 Å². The van der Waals surface area contributed by atoms with Crippen LogP contribution in [0.3, 0.4) is 0 Å². The number of rotatable bonds is 2. The molecule has 0 heterocycles. The first-order valence-electron chi connectivity index (χ1n) is 5.45. The summed E-state index contributed by atoms with van der Waals surface area (Å²) in [6.45, 7) is 1.75. The summed E-state index contributed by atoms with van der Waals surface area (Å²) in [4.78, 5) is 11.2. The van der Waals surface area contributed by atoms with E-state index in [0.717, 1.165) is 18.4 Å². The molecule has 1 aromatic rings. The van der Waals surface area contributed by atoms with E-state index in [9.17, 15) is 9.18 Å². The monoisotopic (exact) mass is 222 g/mol. The average molecular weight is 222 g/mol. The number of ether oxygens (including phenoxy) is 1. The molecule has 1 saturated carbocycles. The van der Waals surface area contributed by atoms with Gasteiger partial charge in [0.1, 0.15) is 5.82 Å². The molecule has 0 unspecified atom stereocenters. The fourth-order valence-corrected chi connectivity index (χ4v) is 2.11. The molecule has 1 fully saturated rings. The van der Waals surface area contributed by atoms with Gasteiger partial charge in [0.25, 0.3) is 0 Å². The third-order valence-corrected chi connectivity index (χ3v) is 3.34. The molecule has 0 aromatic heterocycles. The first-order chi connectivity index (χ1) is 7.61. The lowest BCUT2D eigenvalue weighted by atomic mass is 9.71. The van der Waals surface area contributed by atoms with Crippen molar-refractivity contribution in [1.29, 1.82) is 0 Å². The molecule has 0 amide bonds. The summed E-state index contributed by atoms with van der Waals surface area (Å²) in [7, 11) is 1.40. The second-order valence-corrected chi connectivity index (χ2v) is 4.40. The van der Waals surface area contributed by atoms with Crippen molar-refractivity contribution >= 4 is 5.97 Å². The normalized spacial score (nSPS) is 23.7. The van der Waals surface area contributed by atoms with Crippen LogP contribution in [-0.4, -0.2) is 13.1 Å². The third kappa shape index (κ3) is 1.94. The Balaban J connectivity index is 2.01. The van der Waals surface area contributed by atoms with E-state index in [2.05, 4.69) is 4.74 Å². The zero-order valence-electron chi connectivity index (χ0n) is 9.50. The Morgan fingerprint density at radius 3 is 2.69 bits per heavy atom. The molecule has 0 saturated heterocycles. The van der Waals surface area contributed by atoms with E-state index < -0.39 is 0 Å². The maximum Gasteiger partial charge on any atom is 0.308 e. The fourth-order valence-electron chi connectivity index (χ4n) is 2.11. The van der Waals surface area contributed by atoms with E-state index in [0.29, 0.717) is 11.5 Å². The van der Waals surface area contributed by atoms with E-state index in [1.807, 2.05) is 6.07 Å². The highest BCUT2D eigenvalue weighted by Gasteiger charge is 2.36. The van der Waals surface area contributed by atoms with Crippen molar-refractivity contribution in [3.63, 3.8) is 0 Å². The Hall–Kier alpha value is -1.38. The summed E-state index contributed by atoms with van der Waals surface area (Å²) in [5, 5.41) is 0. The highest BCUT2D eigenvalue weighted by Crippen LogP contribution is 2.42. The molecule has 0 bridgehead atoms. The summed E-state index contributed by atoms with van der Waals surface area (Å²) in [6, 6.07) is 5.31. The van der Waals surface area contributed by atoms with Crippen LogP contribution in [-0.2, 0) is 9.53 Å². The van der Waals surface area contributed by atoms with E-state index in [1.165, 1.54) is 7.11 Å². The van der Waals surface area contributed by atoms with Gasteiger partial charge in [-0.3, -0.25) is 4.79 Å². The fraction of sp³-hybridized carbons (Fsp3) is 0.462. The molecule has 1 aliphatic rings. The molecular weight excluding hydrogens is 207 g/mol. The van der Waals surface area contributed by atoms with Gasteiger partial charge in [0, 0.05) is 0 Å². The molecule has 0 radical (unpaired) electrons. The van der Waals surface area contributed by atoms with Gasteiger partial charge in [-0.1, -0.05) is 12.1 Å². The highest BCUT2D eigenvalue weighted by atomic mass is 19.1. The van der Waals surface area contributed by atoms with E-state index >= 15 is 0 Å². The summed E-state index contributed by atoms with van der Waals surface area (Å²) in [6.07, 6.45) is 1.55. The van der Waals surface area contributed by atoms with Crippen LogP contribution < -0.4 is 0 Å². The molecule has 0 N–H and O–H groups in total. The van der Waals surface area contributed by atoms with Gasteiger partial charge < -0.3 is 4.74 Å². The smallest absolute Gasteiger partial charge is 0.308 e. The Morgan fingerprint density at radius 1 is 1.44 bits per heavy atom. The quantitative estimate of drug-likeness (QED) is 0.719. The van der Waals surface area contributed by atoms with Crippen molar-refractivity contribution in [2.45, 2.75) is 25.7 Å². The van der Waals surface area contributed by atoms with E-state index in [4.69, 9.17) is 0 Å². The number of carbonyl (C=O) groups is 1. The van der Waals surface area contributed by atoms with Crippen molar-refractivity contribution < 1.29 is 13.9 Å². The SMILES string of the molecule is COC(=O)C1CC(c2ccc(C)c(F)c2)C1. The van der Waals surface area contributed by atoms with Gasteiger partial charge >= 0.3 is 5.97 Å². The van der Waals surface area contributed by atoms with Gasteiger partial charge in [-0.05, 0) is 42.9 Å². The van der Waals surface area contributed by atoms with Gasteiger partial charge in [-0.2, -0.15) is 0 Å². The average Bonchev–Trinajstić information content (AvgIpc) is 2.21. The van der Waals surface area contributed by atoms with Gasteiger partial charge in [0.15, 0.2) is 0 Å². The number of hydrogen-bond acceptors (Lipinski definition) is 2. The van der Waals surface area contributed by atoms with Gasteiger partial charge in [0.2, 0.25) is 0 Å². The van der Waals surface area contributed by atoms with Crippen LogP contribution in [0, 0.1) is 18.7 Å². The Labute approximate surface area is 94.4 Å². The van der Waals surface area contributed by atoms with Crippen LogP contribution in [0.2, 0.25) is 0 Å². The van der Waals surface area contributed by atoms with Crippen LogP contribution >= 0.6 is 0 Å². The predicted octanol–water partition coefficient (Wildman–Crippen LogP) is 2.80. The van der Waals surface area contributed by atoms with E-state index in [-0.39, 0.29) is 17.7 Å². The number of aryl methyl sites for hydroxylation is 1. The third-order valence-electron chi connectivity index (χ3n) is 3.34. The van der Waals surface area contributed by atoms with Gasteiger partial charge in [-0.15, -0.1) is 0 Å². The lowest BCUT2D eigenvalue weighted by Gasteiger charge is -2.33. The van der Waals surface area contributed by atoms with Crippen LogP contribution in [0.25, 0.3) is 0 Å². The molecule has 2 rings (SSSR count). The lowest BCUT2D eigenvalue weighted by Crippen LogP contribution is -2.29. The second-order valence-electron chi connectivity index (χ2n) is 4.40. The summed E-state index contributed by atoms with van der Waals surface area (Å²) >= 11 is 0. The molecular formula is C13H15FO2. The molecule has 0 aliphatic heterocycles. The number of halogens is 1. The zero-order chi connectivity index (χ0) is 11.7. The van der Waals surface area contributed by atoms with Crippen LogP contribution in [0.5, 0.6) is 0 Å². The number of hydrogen-bond donors (Lipinski definition) is 0. The molecule has 86 valence electrons.